The number of carboxylic acids is 1. The Morgan fingerprint density at radius 1 is 0.963 bits per heavy atom. The van der Waals surface area contributed by atoms with Crippen LogP contribution in [0.2, 0.25) is 0 Å². The highest BCUT2D eigenvalue weighted by atomic mass is 32.2. The number of hydrogen-bond donors (Lipinski definition) is 3. The molecular formula is C19H20N2O5S. The number of carboxylic acid groups (broad SMARTS) is 1. The molecule has 1 amide bonds. The van der Waals surface area contributed by atoms with E-state index in [4.69, 9.17) is 5.11 Å². The summed E-state index contributed by atoms with van der Waals surface area (Å²) >= 11 is 0. The summed E-state index contributed by atoms with van der Waals surface area (Å²) in [4.78, 5) is 22.0. The third kappa shape index (κ3) is 5.42. The van der Waals surface area contributed by atoms with Crippen LogP contribution in [0.15, 0.2) is 53.4 Å². The normalized spacial score (nSPS) is 11.4. The molecule has 0 atom stereocenters. The lowest BCUT2D eigenvalue weighted by atomic mass is 10.1. The van der Waals surface area contributed by atoms with Gasteiger partial charge in [-0.1, -0.05) is 17.7 Å². The predicted molar refractivity (Wildman–Crippen MR) is 103 cm³/mol. The summed E-state index contributed by atoms with van der Waals surface area (Å²) in [5.41, 5.74) is 3.58. The van der Waals surface area contributed by atoms with Gasteiger partial charge in [0.1, 0.15) is 0 Å². The van der Waals surface area contributed by atoms with Gasteiger partial charge in [-0.25, -0.2) is 13.2 Å². The second kappa shape index (κ2) is 8.05. The van der Waals surface area contributed by atoms with Gasteiger partial charge < -0.3 is 10.4 Å². The smallest absolute Gasteiger partial charge is 0.328 e. The second-order valence-electron chi connectivity index (χ2n) is 6.06. The van der Waals surface area contributed by atoms with E-state index >= 15 is 0 Å². The molecule has 0 heterocycles. The predicted octanol–water partition coefficient (Wildman–Crippen LogP) is 2.99. The zero-order valence-electron chi connectivity index (χ0n) is 15.1. The van der Waals surface area contributed by atoms with Gasteiger partial charge in [-0.3, -0.25) is 9.52 Å². The van der Waals surface area contributed by atoms with Gasteiger partial charge in [0.15, 0.2) is 0 Å². The first-order valence-corrected chi connectivity index (χ1v) is 9.49. The molecule has 0 saturated heterocycles. The number of carbonyl (C=O) groups is 2. The molecule has 7 nitrogen and oxygen atoms in total. The van der Waals surface area contributed by atoms with Crippen LogP contribution in [0.3, 0.4) is 0 Å². The fourth-order valence-electron chi connectivity index (χ4n) is 2.58. The molecule has 0 aliphatic rings. The number of aliphatic carboxylic acids is 1. The summed E-state index contributed by atoms with van der Waals surface area (Å²) in [6, 6.07) is 9.36. The fourth-order valence-corrected chi connectivity index (χ4v) is 3.79. The molecule has 0 radical (unpaired) electrons. The first-order valence-electron chi connectivity index (χ1n) is 8.01. The molecule has 142 valence electrons. The number of hydrogen-bond acceptors (Lipinski definition) is 4. The lowest BCUT2D eigenvalue weighted by Gasteiger charge is -2.14. The van der Waals surface area contributed by atoms with Crippen molar-refractivity contribution in [3.63, 3.8) is 0 Å². The van der Waals surface area contributed by atoms with E-state index in [0.29, 0.717) is 17.5 Å². The van der Waals surface area contributed by atoms with Gasteiger partial charge in [0.05, 0.1) is 10.6 Å². The van der Waals surface area contributed by atoms with Crippen LogP contribution in [-0.4, -0.2) is 25.4 Å². The van der Waals surface area contributed by atoms with E-state index in [-0.39, 0.29) is 4.90 Å². The molecule has 0 saturated carbocycles. The van der Waals surface area contributed by atoms with Crippen molar-refractivity contribution < 1.29 is 23.1 Å². The van der Waals surface area contributed by atoms with E-state index in [2.05, 4.69) is 10.0 Å². The molecule has 0 spiro atoms. The molecule has 2 rings (SSSR count). The molecule has 0 bridgehead atoms. The van der Waals surface area contributed by atoms with Crippen molar-refractivity contribution in [1.82, 2.24) is 0 Å². The van der Waals surface area contributed by atoms with Gasteiger partial charge in [-0.15, -0.1) is 0 Å². The maximum absolute atomic E-state index is 12.6. The Balaban J connectivity index is 2.18. The highest BCUT2D eigenvalue weighted by Gasteiger charge is 2.17. The van der Waals surface area contributed by atoms with E-state index in [9.17, 15) is 18.0 Å². The summed E-state index contributed by atoms with van der Waals surface area (Å²) in [6.07, 6.45) is 1.59. The molecule has 2 aromatic carbocycles. The van der Waals surface area contributed by atoms with Crippen LogP contribution in [0.5, 0.6) is 0 Å². The summed E-state index contributed by atoms with van der Waals surface area (Å²) < 4.78 is 27.9. The number of anilines is 2. The minimum Gasteiger partial charge on any atom is -0.478 e. The maximum atomic E-state index is 12.6. The molecule has 8 heteroatoms. The molecule has 2 aromatic rings. The fraction of sp³-hybridized carbons (Fsp3) is 0.158. The van der Waals surface area contributed by atoms with Crippen LogP contribution in [0.25, 0.3) is 0 Å². The van der Waals surface area contributed by atoms with Crippen molar-refractivity contribution in [2.75, 3.05) is 10.0 Å². The largest absolute Gasteiger partial charge is 0.478 e. The number of nitrogens with one attached hydrogen (secondary N) is 2. The average molecular weight is 388 g/mol. The van der Waals surface area contributed by atoms with Crippen molar-refractivity contribution in [1.29, 1.82) is 0 Å². The minimum absolute atomic E-state index is 0.0425. The van der Waals surface area contributed by atoms with E-state index < -0.39 is 21.9 Å². The SMILES string of the molecule is Cc1cc(C)c(NS(=O)(=O)c2ccc(NC(=O)/C=C/C(=O)O)cc2)c(C)c1. The van der Waals surface area contributed by atoms with Crippen LogP contribution in [0.1, 0.15) is 16.7 Å². The van der Waals surface area contributed by atoms with Gasteiger partial charge in [0.25, 0.3) is 10.0 Å². The van der Waals surface area contributed by atoms with E-state index in [1.165, 1.54) is 24.3 Å². The number of carbonyl (C=O) groups excluding carboxylic acids is 1. The maximum Gasteiger partial charge on any atom is 0.328 e. The van der Waals surface area contributed by atoms with E-state index in [0.717, 1.165) is 22.8 Å². The van der Waals surface area contributed by atoms with Gasteiger partial charge in [-0.05, 0) is 56.2 Å². The topological polar surface area (TPSA) is 113 Å². The first kappa shape index (κ1) is 20.2. The van der Waals surface area contributed by atoms with Crippen molar-refractivity contribution in [3.05, 3.63) is 65.2 Å². The lowest BCUT2D eigenvalue weighted by Crippen LogP contribution is -2.15. The molecule has 0 aliphatic heterocycles. The Kier molecular flexibility index (Phi) is 6.02. The quantitative estimate of drug-likeness (QED) is 0.659. The first-order chi connectivity index (χ1) is 12.6. The highest BCUT2D eigenvalue weighted by molar-refractivity contribution is 7.92. The summed E-state index contributed by atoms with van der Waals surface area (Å²) in [6.45, 7) is 5.61. The van der Waals surface area contributed by atoms with Crippen LogP contribution >= 0.6 is 0 Å². The monoisotopic (exact) mass is 388 g/mol. The number of aryl methyl sites for hydroxylation is 3. The number of amides is 1. The third-order valence-corrected chi connectivity index (χ3v) is 5.09. The Bertz CT molecular complexity index is 986. The van der Waals surface area contributed by atoms with Crippen LogP contribution < -0.4 is 10.0 Å². The summed E-state index contributed by atoms with van der Waals surface area (Å²) in [7, 11) is -3.79. The standard InChI is InChI=1S/C19H20N2O5S/c1-12-10-13(2)19(14(3)11-12)21-27(25,26)16-6-4-15(5-7-16)20-17(22)8-9-18(23)24/h4-11,21H,1-3H3,(H,20,22)(H,23,24)/b9-8+. The summed E-state index contributed by atoms with van der Waals surface area (Å²) in [5.74, 6) is -1.86. The number of sulfonamides is 1. The summed E-state index contributed by atoms with van der Waals surface area (Å²) in [5, 5.41) is 10.9. The molecule has 3 N–H and O–H groups in total. The zero-order valence-corrected chi connectivity index (χ0v) is 15.9. The molecular weight excluding hydrogens is 368 g/mol. The van der Waals surface area contributed by atoms with Crippen molar-refractivity contribution in [3.8, 4) is 0 Å². The minimum atomic E-state index is -3.79. The molecule has 27 heavy (non-hydrogen) atoms. The Morgan fingerprint density at radius 2 is 1.52 bits per heavy atom. The van der Waals surface area contributed by atoms with Crippen LogP contribution in [0.4, 0.5) is 11.4 Å². The molecule has 0 fully saturated rings. The van der Waals surface area contributed by atoms with Crippen molar-refractivity contribution >= 4 is 33.3 Å². The third-order valence-electron chi connectivity index (χ3n) is 3.72. The second-order valence-corrected chi connectivity index (χ2v) is 7.75. The average Bonchev–Trinajstić information content (AvgIpc) is 2.57. The highest BCUT2D eigenvalue weighted by Crippen LogP contribution is 2.25. The molecule has 0 aromatic heterocycles. The van der Waals surface area contributed by atoms with Gasteiger partial charge in [-0.2, -0.15) is 0 Å². The zero-order chi connectivity index (χ0) is 20.2. The van der Waals surface area contributed by atoms with Gasteiger partial charge >= 0.3 is 5.97 Å². The molecule has 0 unspecified atom stereocenters. The van der Waals surface area contributed by atoms with Gasteiger partial charge in [0.2, 0.25) is 5.91 Å². The van der Waals surface area contributed by atoms with Crippen molar-refractivity contribution in [2.24, 2.45) is 0 Å². The number of rotatable bonds is 6. The number of benzene rings is 2. The Morgan fingerprint density at radius 3 is 2.04 bits per heavy atom. The van der Waals surface area contributed by atoms with Crippen LogP contribution in [0, 0.1) is 20.8 Å². The lowest BCUT2D eigenvalue weighted by molar-refractivity contribution is -0.131. The van der Waals surface area contributed by atoms with Gasteiger partial charge in [0, 0.05) is 17.8 Å². The Hall–Kier alpha value is -3.13. The van der Waals surface area contributed by atoms with Crippen molar-refractivity contribution in [2.45, 2.75) is 25.7 Å². The van der Waals surface area contributed by atoms with E-state index in [1.807, 2.05) is 32.9 Å². The Labute approximate surface area is 157 Å². The van der Waals surface area contributed by atoms with E-state index in [1.54, 1.807) is 0 Å². The van der Waals surface area contributed by atoms with Crippen LogP contribution in [-0.2, 0) is 19.6 Å². The molecule has 0 aliphatic carbocycles.